The average molecular weight is 363 g/mol. The van der Waals surface area contributed by atoms with Crippen LogP contribution in [0, 0.1) is 0 Å². The van der Waals surface area contributed by atoms with Crippen LogP contribution < -0.4 is 9.47 Å². The van der Waals surface area contributed by atoms with Crippen LogP contribution in [0.4, 0.5) is 0 Å². The van der Waals surface area contributed by atoms with E-state index in [0.29, 0.717) is 24.3 Å². The van der Waals surface area contributed by atoms with Crippen molar-refractivity contribution >= 4 is 11.9 Å². The summed E-state index contributed by atoms with van der Waals surface area (Å²) in [4.78, 5) is 26.4. The number of ether oxygens (including phenoxy) is 2. The Kier molecular flexibility index (Phi) is 5.09. The second-order valence-corrected chi connectivity index (χ2v) is 7.06. The maximum Gasteiger partial charge on any atom is 0.326 e. The van der Waals surface area contributed by atoms with Crippen molar-refractivity contribution in [2.75, 3.05) is 20.8 Å². The minimum atomic E-state index is -1.07. The molecule has 3 rings (SSSR count). The van der Waals surface area contributed by atoms with Crippen molar-refractivity contribution in [2.24, 2.45) is 0 Å². The molecule has 2 fully saturated rings. The summed E-state index contributed by atoms with van der Waals surface area (Å²) in [5.41, 5.74) is 0.0281. The Labute approximate surface area is 152 Å². The van der Waals surface area contributed by atoms with Crippen LogP contribution in [0.5, 0.6) is 11.5 Å². The molecule has 1 amide bonds. The molecule has 2 N–H and O–H groups in total. The van der Waals surface area contributed by atoms with Crippen LogP contribution in [0.1, 0.15) is 37.7 Å². The third kappa shape index (κ3) is 3.00. The van der Waals surface area contributed by atoms with Crippen molar-refractivity contribution in [3.8, 4) is 11.5 Å². The predicted molar refractivity (Wildman–Crippen MR) is 93.5 cm³/mol. The third-order valence-electron chi connectivity index (χ3n) is 5.63. The lowest BCUT2D eigenvalue weighted by Gasteiger charge is -2.35. The smallest absolute Gasteiger partial charge is 0.326 e. The van der Waals surface area contributed by atoms with Crippen LogP contribution in [0.15, 0.2) is 18.2 Å². The summed E-state index contributed by atoms with van der Waals surface area (Å²) < 4.78 is 10.7. The summed E-state index contributed by atoms with van der Waals surface area (Å²) in [5, 5.41) is 19.4. The summed E-state index contributed by atoms with van der Waals surface area (Å²) in [6.07, 6.45) is 2.37. The number of likely N-dealkylation sites (tertiary alicyclic amines) is 1. The highest BCUT2D eigenvalue weighted by Gasteiger charge is 2.50. The van der Waals surface area contributed by atoms with Gasteiger partial charge in [0.05, 0.1) is 25.7 Å². The fourth-order valence-corrected chi connectivity index (χ4v) is 4.29. The molecule has 0 radical (unpaired) electrons. The van der Waals surface area contributed by atoms with Crippen molar-refractivity contribution in [1.29, 1.82) is 0 Å². The van der Waals surface area contributed by atoms with Gasteiger partial charge < -0.3 is 24.6 Å². The van der Waals surface area contributed by atoms with Gasteiger partial charge in [-0.3, -0.25) is 4.79 Å². The Hall–Kier alpha value is -2.28. The van der Waals surface area contributed by atoms with E-state index in [4.69, 9.17) is 9.47 Å². The molecule has 1 heterocycles. The van der Waals surface area contributed by atoms with E-state index in [2.05, 4.69) is 0 Å². The predicted octanol–water partition coefficient (Wildman–Crippen LogP) is 1.56. The molecular formula is C19H25NO6. The number of β-amino-alcohol motifs (C(OH)–C–C–N with tert-alkyl or cyclic N) is 1. The molecule has 1 aliphatic carbocycles. The van der Waals surface area contributed by atoms with Gasteiger partial charge in [-0.25, -0.2) is 4.79 Å². The van der Waals surface area contributed by atoms with Crippen LogP contribution >= 0.6 is 0 Å². The number of aliphatic carboxylic acids is 1. The minimum absolute atomic E-state index is 0.0604. The van der Waals surface area contributed by atoms with Gasteiger partial charge in [-0.1, -0.05) is 18.9 Å². The molecule has 1 saturated heterocycles. The topological polar surface area (TPSA) is 96.3 Å². The third-order valence-corrected chi connectivity index (χ3v) is 5.63. The number of hydrogen-bond acceptors (Lipinski definition) is 5. The van der Waals surface area contributed by atoms with Crippen molar-refractivity contribution < 1.29 is 29.3 Å². The van der Waals surface area contributed by atoms with E-state index >= 15 is 0 Å². The summed E-state index contributed by atoms with van der Waals surface area (Å²) in [6.45, 7) is 0.0604. The Morgan fingerprint density at radius 2 is 1.81 bits per heavy atom. The highest BCUT2D eigenvalue weighted by Crippen LogP contribution is 2.45. The molecule has 1 saturated carbocycles. The molecule has 142 valence electrons. The standard InChI is InChI=1S/C19H25NO6/c1-25-15-6-5-12(9-16(15)26-2)19(7-3-4-8-19)18(24)20-11-13(21)10-14(20)17(22)23/h5-6,9,13-14,21H,3-4,7-8,10-11H2,1-2H3,(H,22,23)/t13-,14+/m1/s1. The summed E-state index contributed by atoms with van der Waals surface area (Å²) in [7, 11) is 3.10. The molecular weight excluding hydrogens is 338 g/mol. The first-order chi connectivity index (χ1) is 12.4. The Morgan fingerprint density at radius 1 is 1.15 bits per heavy atom. The highest BCUT2D eigenvalue weighted by molar-refractivity contribution is 5.92. The van der Waals surface area contributed by atoms with E-state index in [1.807, 2.05) is 12.1 Å². The fourth-order valence-electron chi connectivity index (χ4n) is 4.29. The van der Waals surface area contributed by atoms with Gasteiger partial charge in [0, 0.05) is 13.0 Å². The molecule has 1 aromatic rings. The first-order valence-electron chi connectivity index (χ1n) is 8.87. The van der Waals surface area contributed by atoms with Gasteiger partial charge in [-0.2, -0.15) is 0 Å². The molecule has 1 aliphatic heterocycles. The van der Waals surface area contributed by atoms with Gasteiger partial charge in [0.1, 0.15) is 6.04 Å². The number of carboxylic acid groups (broad SMARTS) is 1. The minimum Gasteiger partial charge on any atom is -0.493 e. The van der Waals surface area contributed by atoms with E-state index in [0.717, 1.165) is 18.4 Å². The van der Waals surface area contributed by atoms with Gasteiger partial charge in [-0.05, 0) is 30.5 Å². The lowest BCUT2D eigenvalue weighted by atomic mass is 9.77. The van der Waals surface area contributed by atoms with Crippen LogP contribution in [0.25, 0.3) is 0 Å². The van der Waals surface area contributed by atoms with Gasteiger partial charge in [0.25, 0.3) is 0 Å². The first-order valence-corrected chi connectivity index (χ1v) is 8.87. The molecule has 0 aromatic heterocycles. The largest absolute Gasteiger partial charge is 0.493 e. The molecule has 2 atom stereocenters. The van der Waals surface area contributed by atoms with Crippen LogP contribution in [0.3, 0.4) is 0 Å². The second-order valence-electron chi connectivity index (χ2n) is 7.06. The number of amides is 1. The number of methoxy groups -OCH3 is 2. The SMILES string of the molecule is COc1ccc(C2(C(=O)N3C[C@H](O)C[C@H]3C(=O)O)CCCC2)cc1OC. The Morgan fingerprint density at radius 3 is 2.38 bits per heavy atom. The molecule has 1 aromatic carbocycles. The van der Waals surface area contributed by atoms with Gasteiger partial charge in [-0.15, -0.1) is 0 Å². The number of nitrogens with zero attached hydrogens (tertiary/aromatic N) is 1. The normalized spacial score (nSPS) is 24.5. The van der Waals surface area contributed by atoms with Crippen LogP contribution in [-0.2, 0) is 15.0 Å². The van der Waals surface area contributed by atoms with Gasteiger partial charge in [0.15, 0.2) is 11.5 Å². The molecule has 26 heavy (non-hydrogen) atoms. The maximum atomic E-state index is 13.5. The zero-order chi connectivity index (χ0) is 18.9. The lowest BCUT2D eigenvalue weighted by Crippen LogP contribution is -2.50. The van der Waals surface area contributed by atoms with E-state index in [1.165, 1.54) is 4.90 Å². The highest BCUT2D eigenvalue weighted by atomic mass is 16.5. The van der Waals surface area contributed by atoms with E-state index in [9.17, 15) is 19.8 Å². The van der Waals surface area contributed by atoms with Gasteiger partial charge in [0.2, 0.25) is 5.91 Å². The summed E-state index contributed by atoms with van der Waals surface area (Å²) in [5.74, 6) is -0.168. The van der Waals surface area contributed by atoms with Crippen molar-refractivity contribution in [2.45, 2.75) is 49.7 Å². The number of carbonyl (C=O) groups excluding carboxylic acids is 1. The second kappa shape index (κ2) is 7.15. The number of rotatable bonds is 5. The summed E-state index contributed by atoms with van der Waals surface area (Å²) >= 11 is 0. The molecule has 2 aliphatic rings. The molecule has 0 bridgehead atoms. The lowest BCUT2D eigenvalue weighted by molar-refractivity contribution is -0.150. The van der Waals surface area contributed by atoms with Crippen molar-refractivity contribution in [3.05, 3.63) is 23.8 Å². The number of carbonyl (C=O) groups is 2. The number of aliphatic hydroxyl groups excluding tert-OH is 1. The molecule has 0 unspecified atom stereocenters. The average Bonchev–Trinajstić information content (AvgIpc) is 3.28. The number of hydrogen-bond donors (Lipinski definition) is 2. The molecule has 7 nitrogen and oxygen atoms in total. The zero-order valence-corrected chi connectivity index (χ0v) is 15.1. The first kappa shape index (κ1) is 18.5. The number of aliphatic hydroxyl groups is 1. The Balaban J connectivity index is 2.00. The summed E-state index contributed by atoms with van der Waals surface area (Å²) in [6, 6.07) is 4.46. The van der Waals surface area contributed by atoms with Crippen LogP contribution in [-0.4, -0.2) is 59.9 Å². The van der Waals surface area contributed by atoms with E-state index in [1.54, 1.807) is 20.3 Å². The van der Waals surface area contributed by atoms with E-state index in [-0.39, 0.29) is 18.9 Å². The zero-order valence-electron chi connectivity index (χ0n) is 15.1. The number of benzene rings is 1. The quantitative estimate of drug-likeness (QED) is 0.824. The molecule has 7 heteroatoms. The Bertz CT molecular complexity index is 697. The monoisotopic (exact) mass is 363 g/mol. The van der Waals surface area contributed by atoms with Gasteiger partial charge >= 0.3 is 5.97 Å². The van der Waals surface area contributed by atoms with E-state index < -0.39 is 23.5 Å². The number of carboxylic acids is 1. The molecule has 0 spiro atoms. The fraction of sp³-hybridized carbons (Fsp3) is 0.579. The maximum absolute atomic E-state index is 13.5. The van der Waals surface area contributed by atoms with Crippen LogP contribution in [0.2, 0.25) is 0 Å². The van der Waals surface area contributed by atoms with Crippen molar-refractivity contribution in [1.82, 2.24) is 4.90 Å². The van der Waals surface area contributed by atoms with Crippen molar-refractivity contribution in [3.63, 3.8) is 0 Å².